The number of carboxylic acids is 1. The average molecular weight is 213 g/mol. The molecular weight excluding hydrogens is 190 g/mol. The number of hydrogen-bond donors (Lipinski definition) is 1. The van der Waals surface area contributed by atoms with Crippen molar-refractivity contribution >= 4 is 5.97 Å². The Bertz CT molecular complexity index is 212. The highest BCUT2D eigenvalue weighted by Gasteiger charge is 2.32. The third-order valence-corrected chi connectivity index (χ3v) is 3.08. The Hall–Kier alpha value is -0.570. The summed E-state index contributed by atoms with van der Waals surface area (Å²) in [4.78, 5) is 13.4. The fourth-order valence-corrected chi connectivity index (χ4v) is 2.00. The van der Waals surface area contributed by atoms with Crippen molar-refractivity contribution in [3.8, 4) is 0 Å². The first kappa shape index (κ1) is 12.5. The van der Waals surface area contributed by atoms with E-state index in [0.29, 0.717) is 6.04 Å². The van der Waals surface area contributed by atoms with Crippen LogP contribution in [0, 0.1) is 5.92 Å². The molecule has 1 aliphatic rings. The summed E-state index contributed by atoms with van der Waals surface area (Å²) in [7, 11) is 0. The largest absolute Gasteiger partial charge is 0.480 e. The van der Waals surface area contributed by atoms with Gasteiger partial charge in [-0.15, -0.1) is 0 Å². The van der Waals surface area contributed by atoms with Gasteiger partial charge >= 0.3 is 5.97 Å². The highest BCUT2D eigenvalue weighted by Crippen LogP contribution is 2.31. The number of aliphatic carboxylic acids is 1. The molecule has 3 nitrogen and oxygen atoms in total. The van der Waals surface area contributed by atoms with Gasteiger partial charge in [0.05, 0.1) is 0 Å². The summed E-state index contributed by atoms with van der Waals surface area (Å²) in [5.41, 5.74) is 0. The van der Waals surface area contributed by atoms with Crippen LogP contribution in [-0.2, 0) is 4.79 Å². The van der Waals surface area contributed by atoms with Crippen molar-refractivity contribution in [3.05, 3.63) is 0 Å². The van der Waals surface area contributed by atoms with Gasteiger partial charge in [0.2, 0.25) is 0 Å². The van der Waals surface area contributed by atoms with E-state index in [-0.39, 0.29) is 6.04 Å². The summed E-state index contributed by atoms with van der Waals surface area (Å²) in [6, 6.07) is 0.0499. The highest BCUT2D eigenvalue weighted by molar-refractivity contribution is 5.73. The van der Waals surface area contributed by atoms with Crippen LogP contribution < -0.4 is 0 Å². The third kappa shape index (κ3) is 3.82. The molecular formula is C12H23NO2. The summed E-state index contributed by atoms with van der Waals surface area (Å²) in [6.07, 6.45) is 4.26. The Labute approximate surface area is 92.5 Å². The maximum atomic E-state index is 11.2. The van der Waals surface area contributed by atoms with Crippen molar-refractivity contribution in [2.24, 2.45) is 5.92 Å². The molecule has 1 N–H and O–H groups in total. The minimum absolute atomic E-state index is 0.282. The molecule has 0 bridgehead atoms. The Balaban J connectivity index is 2.59. The van der Waals surface area contributed by atoms with E-state index in [1.807, 2.05) is 6.92 Å². The molecule has 0 radical (unpaired) electrons. The number of carbonyl (C=O) groups is 1. The Morgan fingerprint density at radius 1 is 1.47 bits per heavy atom. The van der Waals surface area contributed by atoms with Crippen molar-refractivity contribution in [3.63, 3.8) is 0 Å². The van der Waals surface area contributed by atoms with Crippen molar-refractivity contribution in [1.29, 1.82) is 0 Å². The SMILES string of the molecule is CCCC(C(=O)O)N(CC1CC1)C(C)C. The minimum atomic E-state index is -0.661. The smallest absolute Gasteiger partial charge is 0.320 e. The number of rotatable bonds is 7. The van der Waals surface area contributed by atoms with E-state index in [1.54, 1.807) is 0 Å². The zero-order chi connectivity index (χ0) is 11.4. The molecule has 0 saturated heterocycles. The van der Waals surface area contributed by atoms with Crippen LogP contribution >= 0.6 is 0 Å². The molecule has 1 saturated carbocycles. The zero-order valence-electron chi connectivity index (χ0n) is 10.1. The van der Waals surface area contributed by atoms with Gasteiger partial charge in [-0.3, -0.25) is 9.69 Å². The van der Waals surface area contributed by atoms with Gasteiger partial charge in [-0.05, 0) is 39.0 Å². The highest BCUT2D eigenvalue weighted by atomic mass is 16.4. The van der Waals surface area contributed by atoms with Crippen molar-refractivity contribution < 1.29 is 9.90 Å². The first-order valence-corrected chi connectivity index (χ1v) is 6.04. The lowest BCUT2D eigenvalue weighted by Crippen LogP contribution is -2.46. The lowest BCUT2D eigenvalue weighted by atomic mass is 10.1. The molecule has 3 heteroatoms. The van der Waals surface area contributed by atoms with E-state index in [9.17, 15) is 9.90 Å². The quantitative estimate of drug-likeness (QED) is 0.705. The molecule has 88 valence electrons. The third-order valence-electron chi connectivity index (χ3n) is 3.08. The molecule has 0 aromatic heterocycles. The molecule has 1 aliphatic carbocycles. The molecule has 1 unspecified atom stereocenters. The Morgan fingerprint density at radius 2 is 2.07 bits per heavy atom. The fraction of sp³-hybridized carbons (Fsp3) is 0.917. The molecule has 0 amide bonds. The molecule has 1 atom stereocenters. The van der Waals surface area contributed by atoms with Gasteiger partial charge in [-0.1, -0.05) is 13.3 Å². The first-order valence-electron chi connectivity index (χ1n) is 6.04. The van der Waals surface area contributed by atoms with E-state index >= 15 is 0 Å². The fourth-order valence-electron chi connectivity index (χ4n) is 2.00. The van der Waals surface area contributed by atoms with Gasteiger partial charge < -0.3 is 5.11 Å². The Kier molecular flexibility index (Phi) is 4.58. The van der Waals surface area contributed by atoms with Crippen LogP contribution in [0.2, 0.25) is 0 Å². The molecule has 0 spiro atoms. The maximum Gasteiger partial charge on any atom is 0.320 e. The second-order valence-corrected chi connectivity index (χ2v) is 4.88. The summed E-state index contributed by atoms with van der Waals surface area (Å²) in [5.74, 6) is 0.0947. The van der Waals surface area contributed by atoms with Crippen LogP contribution in [0.3, 0.4) is 0 Å². The van der Waals surface area contributed by atoms with Crippen LogP contribution in [0.15, 0.2) is 0 Å². The van der Waals surface area contributed by atoms with Gasteiger partial charge in [0, 0.05) is 12.6 Å². The van der Waals surface area contributed by atoms with Gasteiger partial charge in [-0.25, -0.2) is 0 Å². The second kappa shape index (κ2) is 5.50. The summed E-state index contributed by atoms with van der Waals surface area (Å²) < 4.78 is 0. The van der Waals surface area contributed by atoms with Crippen LogP contribution in [0.1, 0.15) is 46.5 Å². The monoisotopic (exact) mass is 213 g/mol. The number of hydrogen-bond acceptors (Lipinski definition) is 2. The van der Waals surface area contributed by atoms with E-state index in [2.05, 4.69) is 18.7 Å². The molecule has 0 aromatic rings. The van der Waals surface area contributed by atoms with E-state index in [1.165, 1.54) is 12.8 Å². The average Bonchev–Trinajstić information content (AvgIpc) is 2.93. The van der Waals surface area contributed by atoms with Gasteiger partial charge in [0.25, 0.3) is 0 Å². The van der Waals surface area contributed by atoms with Gasteiger partial charge in [0.15, 0.2) is 0 Å². The van der Waals surface area contributed by atoms with Gasteiger partial charge in [-0.2, -0.15) is 0 Å². The van der Waals surface area contributed by atoms with Crippen LogP contribution in [-0.4, -0.2) is 34.6 Å². The maximum absolute atomic E-state index is 11.2. The molecule has 0 aromatic carbocycles. The Morgan fingerprint density at radius 3 is 2.40 bits per heavy atom. The molecule has 1 fully saturated rings. The molecule has 1 rings (SSSR count). The van der Waals surface area contributed by atoms with E-state index in [0.717, 1.165) is 25.3 Å². The number of carboxylic acid groups (broad SMARTS) is 1. The van der Waals surface area contributed by atoms with Crippen molar-refractivity contribution in [1.82, 2.24) is 4.90 Å². The van der Waals surface area contributed by atoms with Crippen LogP contribution in [0.25, 0.3) is 0 Å². The van der Waals surface area contributed by atoms with Crippen molar-refractivity contribution in [2.45, 2.75) is 58.5 Å². The predicted molar refractivity (Wildman–Crippen MR) is 60.9 cm³/mol. The molecule has 0 heterocycles. The zero-order valence-corrected chi connectivity index (χ0v) is 10.1. The first-order chi connectivity index (χ1) is 7.06. The minimum Gasteiger partial charge on any atom is -0.480 e. The van der Waals surface area contributed by atoms with E-state index < -0.39 is 5.97 Å². The summed E-state index contributed by atoms with van der Waals surface area (Å²) in [6.45, 7) is 7.20. The van der Waals surface area contributed by atoms with E-state index in [4.69, 9.17) is 0 Å². The molecule has 15 heavy (non-hydrogen) atoms. The summed E-state index contributed by atoms with van der Waals surface area (Å²) >= 11 is 0. The lowest BCUT2D eigenvalue weighted by Gasteiger charge is -2.32. The second-order valence-electron chi connectivity index (χ2n) is 4.88. The van der Waals surface area contributed by atoms with Gasteiger partial charge in [0.1, 0.15) is 6.04 Å². The standard InChI is InChI=1S/C12H23NO2/c1-4-5-11(12(14)15)13(9(2)3)8-10-6-7-10/h9-11H,4-8H2,1-3H3,(H,14,15). The van der Waals surface area contributed by atoms with Crippen LogP contribution in [0.4, 0.5) is 0 Å². The predicted octanol–water partition coefficient (Wildman–Crippen LogP) is 2.36. The lowest BCUT2D eigenvalue weighted by molar-refractivity contribution is -0.144. The topological polar surface area (TPSA) is 40.5 Å². The normalized spacial score (nSPS) is 18.5. The van der Waals surface area contributed by atoms with Crippen LogP contribution in [0.5, 0.6) is 0 Å². The summed E-state index contributed by atoms with van der Waals surface area (Å²) in [5, 5.41) is 9.22. The number of nitrogens with zero attached hydrogens (tertiary/aromatic N) is 1. The van der Waals surface area contributed by atoms with Crippen molar-refractivity contribution in [2.75, 3.05) is 6.54 Å². The molecule has 0 aliphatic heterocycles.